The van der Waals surface area contributed by atoms with Gasteiger partial charge in [-0.1, -0.05) is 12.8 Å². The molecule has 2 aliphatic rings. The SMILES string of the molecule is O=C(Nc1nc(CC(=O)N2CCCCC2)cs1)C1CCCC1. The highest BCUT2D eigenvalue weighted by Gasteiger charge is 2.23. The quantitative estimate of drug-likeness (QED) is 0.927. The Morgan fingerprint density at radius 2 is 1.91 bits per heavy atom. The van der Waals surface area contributed by atoms with Gasteiger partial charge >= 0.3 is 0 Å². The van der Waals surface area contributed by atoms with Crippen molar-refractivity contribution in [3.05, 3.63) is 11.1 Å². The third-order valence-corrected chi connectivity index (χ3v) is 5.36. The molecule has 0 unspecified atom stereocenters. The zero-order valence-electron chi connectivity index (χ0n) is 12.8. The van der Waals surface area contributed by atoms with E-state index in [4.69, 9.17) is 0 Å². The van der Waals surface area contributed by atoms with Crippen molar-refractivity contribution in [3.8, 4) is 0 Å². The Balaban J connectivity index is 1.52. The minimum atomic E-state index is 0.0840. The number of rotatable bonds is 4. The van der Waals surface area contributed by atoms with Crippen LogP contribution in [0.5, 0.6) is 0 Å². The number of hydrogen-bond donors (Lipinski definition) is 1. The molecule has 0 aromatic carbocycles. The molecule has 0 bridgehead atoms. The zero-order valence-corrected chi connectivity index (χ0v) is 13.7. The van der Waals surface area contributed by atoms with Crippen molar-refractivity contribution in [3.63, 3.8) is 0 Å². The lowest BCUT2D eigenvalue weighted by Gasteiger charge is -2.26. The third-order valence-electron chi connectivity index (χ3n) is 4.55. The van der Waals surface area contributed by atoms with Gasteiger partial charge in [-0.3, -0.25) is 9.59 Å². The van der Waals surface area contributed by atoms with E-state index in [1.165, 1.54) is 17.8 Å². The van der Waals surface area contributed by atoms with E-state index in [9.17, 15) is 9.59 Å². The van der Waals surface area contributed by atoms with Crippen LogP contribution in [0.2, 0.25) is 0 Å². The first-order chi connectivity index (χ1) is 10.7. The second kappa shape index (κ2) is 7.22. The van der Waals surface area contributed by atoms with E-state index in [1.807, 2.05) is 10.3 Å². The van der Waals surface area contributed by atoms with E-state index in [0.717, 1.165) is 57.3 Å². The summed E-state index contributed by atoms with van der Waals surface area (Å²) in [6.45, 7) is 1.74. The Labute approximate surface area is 135 Å². The van der Waals surface area contributed by atoms with Crippen LogP contribution in [-0.2, 0) is 16.0 Å². The lowest BCUT2D eigenvalue weighted by Crippen LogP contribution is -2.36. The molecule has 2 amide bonds. The molecular formula is C16H23N3O2S. The van der Waals surface area contributed by atoms with E-state index in [-0.39, 0.29) is 17.7 Å². The molecule has 1 aromatic heterocycles. The van der Waals surface area contributed by atoms with E-state index >= 15 is 0 Å². The summed E-state index contributed by atoms with van der Waals surface area (Å²) >= 11 is 1.41. The largest absolute Gasteiger partial charge is 0.342 e. The summed E-state index contributed by atoms with van der Waals surface area (Å²) in [7, 11) is 0. The van der Waals surface area contributed by atoms with Gasteiger partial charge in [-0.15, -0.1) is 11.3 Å². The number of carbonyl (C=O) groups excluding carboxylic acids is 2. The molecule has 1 aliphatic carbocycles. The standard InChI is InChI=1S/C16H23N3O2S/c20-14(19-8-4-1-5-9-19)10-13-11-22-16(17-13)18-15(21)12-6-2-3-7-12/h11-12H,1-10H2,(H,17,18,21). The van der Waals surface area contributed by atoms with Gasteiger partial charge in [0.2, 0.25) is 11.8 Å². The minimum absolute atomic E-state index is 0.0840. The van der Waals surface area contributed by atoms with Crippen molar-refractivity contribution in [1.29, 1.82) is 0 Å². The molecule has 0 atom stereocenters. The van der Waals surface area contributed by atoms with E-state index in [0.29, 0.717) is 11.6 Å². The average molecular weight is 321 g/mol. The normalized spacial score (nSPS) is 19.4. The molecule has 1 aliphatic heterocycles. The highest BCUT2D eigenvalue weighted by Crippen LogP contribution is 2.26. The third kappa shape index (κ3) is 3.85. The van der Waals surface area contributed by atoms with Crippen molar-refractivity contribution in [2.24, 2.45) is 5.92 Å². The van der Waals surface area contributed by atoms with Gasteiger partial charge in [0.05, 0.1) is 12.1 Å². The fourth-order valence-corrected chi connectivity index (χ4v) is 3.96. The first-order valence-corrected chi connectivity index (χ1v) is 9.13. The molecule has 1 aromatic rings. The second-order valence-corrected chi connectivity index (χ2v) is 7.09. The molecular weight excluding hydrogens is 298 g/mol. The number of likely N-dealkylation sites (tertiary alicyclic amines) is 1. The zero-order chi connectivity index (χ0) is 15.4. The molecule has 0 spiro atoms. The Hall–Kier alpha value is -1.43. The summed E-state index contributed by atoms with van der Waals surface area (Å²) < 4.78 is 0. The highest BCUT2D eigenvalue weighted by molar-refractivity contribution is 7.13. The van der Waals surface area contributed by atoms with Gasteiger partial charge in [0.25, 0.3) is 0 Å². The molecule has 1 saturated heterocycles. The summed E-state index contributed by atoms with van der Waals surface area (Å²) in [5, 5.41) is 5.41. The predicted molar refractivity (Wildman–Crippen MR) is 86.8 cm³/mol. The van der Waals surface area contributed by atoms with Gasteiger partial charge in [-0.25, -0.2) is 4.98 Å². The average Bonchev–Trinajstić information content (AvgIpc) is 3.20. The first kappa shape index (κ1) is 15.5. The molecule has 2 heterocycles. The number of piperidine rings is 1. The van der Waals surface area contributed by atoms with Gasteiger partial charge in [-0.2, -0.15) is 0 Å². The Bertz CT molecular complexity index is 531. The first-order valence-electron chi connectivity index (χ1n) is 8.25. The second-order valence-electron chi connectivity index (χ2n) is 6.23. The van der Waals surface area contributed by atoms with E-state index in [2.05, 4.69) is 10.3 Å². The number of thiazole rings is 1. The van der Waals surface area contributed by atoms with Crippen LogP contribution in [0, 0.1) is 5.92 Å². The van der Waals surface area contributed by atoms with Crippen LogP contribution in [0.25, 0.3) is 0 Å². The van der Waals surface area contributed by atoms with Crippen molar-refractivity contribution < 1.29 is 9.59 Å². The molecule has 1 saturated carbocycles. The molecule has 120 valence electrons. The van der Waals surface area contributed by atoms with Crippen LogP contribution in [0.1, 0.15) is 50.6 Å². The molecule has 3 rings (SSSR count). The van der Waals surface area contributed by atoms with Crippen molar-refractivity contribution >= 4 is 28.3 Å². The van der Waals surface area contributed by atoms with Crippen LogP contribution >= 0.6 is 11.3 Å². The van der Waals surface area contributed by atoms with Gasteiger partial charge in [0.1, 0.15) is 0 Å². The van der Waals surface area contributed by atoms with E-state index < -0.39 is 0 Å². The molecule has 22 heavy (non-hydrogen) atoms. The fraction of sp³-hybridized carbons (Fsp3) is 0.688. The maximum atomic E-state index is 12.2. The lowest BCUT2D eigenvalue weighted by atomic mass is 10.1. The van der Waals surface area contributed by atoms with Crippen molar-refractivity contribution in [2.45, 2.75) is 51.4 Å². The van der Waals surface area contributed by atoms with Crippen molar-refractivity contribution in [1.82, 2.24) is 9.88 Å². The number of nitrogens with one attached hydrogen (secondary N) is 1. The fourth-order valence-electron chi connectivity index (χ4n) is 3.25. The Kier molecular flexibility index (Phi) is 5.08. The smallest absolute Gasteiger partial charge is 0.229 e. The summed E-state index contributed by atoms with van der Waals surface area (Å²) in [4.78, 5) is 30.6. The van der Waals surface area contributed by atoms with Crippen LogP contribution in [0.15, 0.2) is 5.38 Å². The minimum Gasteiger partial charge on any atom is -0.342 e. The van der Waals surface area contributed by atoms with E-state index in [1.54, 1.807) is 0 Å². The molecule has 1 N–H and O–H groups in total. The number of amides is 2. The number of aromatic nitrogens is 1. The number of hydrogen-bond acceptors (Lipinski definition) is 4. The monoisotopic (exact) mass is 321 g/mol. The van der Waals surface area contributed by atoms with Gasteiger partial charge in [-0.05, 0) is 32.1 Å². The van der Waals surface area contributed by atoms with Crippen LogP contribution in [0.3, 0.4) is 0 Å². The molecule has 6 heteroatoms. The van der Waals surface area contributed by atoms with Crippen LogP contribution in [-0.4, -0.2) is 34.8 Å². The van der Waals surface area contributed by atoms with Crippen molar-refractivity contribution in [2.75, 3.05) is 18.4 Å². The summed E-state index contributed by atoms with van der Waals surface area (Å²) in [5.41, 5.74) is 0.766. The lowest BCUT2D eigenvalue weighted by molar-refractivity contribution is -0.131. The topological polar surface area (TPSA) is 62.3 Å². The maximum absolute atomic E-state index is 12.2. The van der Waals surface area contributed by atoms with Gasteiger partial charge in [0.15, 0.2) is 5.13 Å². The Morgan fingerprint density at radius 3 is 2.64 bits per heavy atom. The molecule has 2 fully saturated rings. The number of nitrogens with zero attached hydrogens (tertiary/aromatic N) is 2. The van der Waals surface area contributed by atoms with Gasteiger partial charge in [0, 0.05) is 24.4 Å². The van der Waals surface area contributed by atoms with Gasteiger partial charge < -0.3 is 10.2 Å². The number of anilines is 1. The molecule has 0 radical (unpaired) electrons. The summed E-state index contributed by atoms with van der Waals surface area (Å²) in [6, 6.07) is 0. The van der Waals surface area contributed by atoms with Crippen LogP contribution in [0.4, 0.5) is 5.13 Å². The highest BCUT2D eigenvalue weighted by atomic mass is 32.1. The Morgan fingerprint density at radius 1 is 1.18 bits per heavy atom. The predicted octanol–water partition coefficient (Wildman–Crippen LogP) is 2.83. The van der Waals surface area contributed by atoms with Crippen LogP contribution < -0.4 is 5.32 Å². The summed E-state index contributed by atoms with van der Waals surface area (Å²) in [6.07, 6.45) is 8.02. The number of carbonyl (C=O) groups is 2. The molecule has 5 nitrogen and oxygen atoms in total. The maximum Gasteiger partial charge on any atom is 0.229 e. The summed E-state index contributed by atoms with van der Waals surface area (Å²) in [5.74, 6) is 0.377.